The summed E-state index contributed by atoms with van der Waals surface area (Å²) in [6, 6.07) is 13.9. The Morgan fingerprint density at radius 3 is 2.12 bits per heavy atom. The molecular formula is C13H8Br2Cl2. The van der Waals surface area contributed by atoms with Gasteiger partial charge in [-0.2, -0.15) is 0 Å². The Morgan fingerprint density at radius 1 is 0.824 bits per heavy atom. The van der Waals surface area contributed by atoms with E-state index in [-0.39, 0.29) is 0 Å². The summed E-state index contributed by atoms with van der Waals surface area (Å²) in [4.78, 5) is -0.535. The highest BCUT2D eigenvalue weighted by Crippen LogP contribution is 2.39. The van der Waals surface area contributed by atoms with Crippen LogP contribution in [0.1, 0.15) is 10.4 Å². The van der Waals surface area contributed by atoms with Crippen molar-refractivity contribution in [1.29, 1.82) is 0 Å². The van der Waals surface area contributed by atoms with E-state index in [0.717, 1.165) is 25.6 Å². The van der Waals surface area contributed by atoms with Crippen LogP contribution in [-0.4, -0.2) is 0 Å². The van der Waals surface area contributed by atoms with Gasteiger partial charge in [-0.3, -0.25) is 0 Å². The molecule has 2 aromatic carbocycles. The lowest BCUT2D eigenvalue weighted by Crippen LogP contribution is -1.88. The van der Waals surface area contributed by atoms with Gasteiger partial charge in [-0.05, 0) is 38.7 Å². The van der Waals surface area contributed by atoms with Crippen LogP contribution in [-0.2, 0) is 0 Å². The number of hydrogen-bond donors (Lipinski definition) is 0. The molecule has 0 bridgehead atoms. The number of rotatable bonds is 2. The lowest BCUT2D eigenvalue weighted by atomic mass is 10.0. The Hall–Kier alpha value is -0.0200. The molecule has 88 valence electrons. The first-order valence-electron chi connectivity index (χ1n) is 4.92. The summed E-state index contributed by atoms with van der Waals surface area (Å²) in [6.07, 6.45) is 0. The maximum Gasteiger partial charge on any atom is 0.133 e. The van der Waals surface area contributed by atoms with Gasteiger partial charge >= 0.3 is 0 Å². The van der Waals surface area contributed by atoms with Crippen LogP contribution in [0, 0.1) is 0 Å². The normalized spacial score (nSPS) is 10.9. The van der Waals surface area contributed by atoms with Crippen LogP contribution in [0.3, 0.4) is 0 Å². The van der Waals surface area contributed by atoms with E-state index in [1.807, 2.05) is 42.5 Å². The average Bonchev–Trinajstić information content (AvgIpc) is 2.30. The van der Waals surface area contributed by atoms with Crippen molar-refractivity contribution in [2.75, 3.05) is 0 Å². The van der Waals surface area contributed by atoms with E-state index >= 15 is 0 Å². The van der Waals surface area contributed by atoms with Gasteiger partial charge in [0.2, 0.25) is 0 Å². The molecule has 17 heavy (non-hydrogen) atoms. The fourth-order valence-corrected chi connectivity index (χ4v) is 3.44. The summed E-state index contributed by atoms with van der Waals surface area (Å²) in [5.41, 5.74) is 3.05. The Labute approximate surface area is 127 Å². The maximum absolute atomic E-state index is 5.93. The molecule has 0 fully saturated rings. The van der Waals surface area contributed by atoms with E-state index in [4.69, 9.17) is 23.2 Å². The van der Waals surface area contributed by atoms with Crippen LogP contribution in [0.2, 0.25) is 0 Å². The molecule has 0 aliphatic heterocycles. The SMILES string of the molecule is ClC(Cl)c1cccc(-c2ccccc2Br)c1Br. The van der Waals surface area contributed by atoms with Gasteiger partial charge < -0.3 is 0 Å². The average molecular weight is 395 g/mol. The lowest BCUT2D eigenvalue weighted by Gasteiger charge is -2.11. The van der Waals surface area contributed by atoms with Crippen molar-refractivity contribution in [2.45, 2.75) is 4.84 Å². The summed E-state index contributed by atoms with van der Waals surface area (Å²) in [7, 11) is 0. The molecule has 0 aliphatic rings. The number of alkyl halides is 2. The molecule has 2 aromatic rings. The largest absolute Gasteiger partial charge is 0.133 e. The van der Waals surface area contributed by atoms with Crippen LogP contribution in [0.4, 0.5) is 0 Å². The van der Waals surface area contributed by atoms with E-state index in [2.05, 4.69) is 31.9 Å². The van der Waals surface area contributed by atoms with Gasteiger partial charge in [0.15, 0.2) is 0 Å². The second-order valence-corrected chi connectivity index (χ2v) is 6.23. The minimum atomic E-state index is -0.535. The number of benzene rings is 2. The summed E-state index contributed by atoms with van der Waals surface area (Å²) in [5, 5.41) is 0. The fraction of sp³-hybridized carbons (Fsp3) is 0.0769. The minimum absolute atomic E-state index is 0.535. The lowest BCUT2D eigenvalue weighted by molar-refractivity contribution is 1.32. The highest BCUT2D eigenvalue weighted by molar-refractivity contribution is 9.11. The molecule has 0 spiro atoms. The van der Waals surface area contributed by atoms with Crippen molar-refractivity contribution in [1.82, 2.24) is 0 Å². The van der Waals surface area contributed by atoms with Crippen LogP contribution in [0.25, 0.3) is 11.1 Å². The van der Waals surface area contributed by atoms with Gasteiger partial charge in [0, 0.05) is 8.95 Å². The fourth-order valence-electron chi connectivity index (χ4n) is 1.61. The maximum atomic E-state index is 5.93. The second kappa shape index (κ2) is 5.75. The van der Waals surface area contributed by atoms with Gasteiger partial charge in [0.25, 0.3) is 0 Å². The molecule has 0 saturated carbocycles. The molecule has 0 atom stereocenters. The van der Waals surface area contributed by atoms with Gasteiger partial charge in [-0.15, -0.1) is 23.2 Å². The molecule has 0 nitrogen and oxygen atoms in total. The zero-order chi connectivity index (χ0) is 12.4. The predicted octanol–water partition coefficient (Wildman–Crippen LogP) is 6.35. The first kappa shape index (κ1) is 13.4. The monoisotopic (exact) mass is 392 g/mol. The van der Waals surface area contributed by atoms with Crippen molar-refractivity contribution < 1.29 is 0 Å². The molecule has 0 heterocycles. The molecule has 0 aromatic heterocycles. The number of halogens is 4. The Morgan fingerprint density at radius 2 is 1.47 bits per heavy atom. The molecule has 0 unspecified atom stereocenters. The summed E-state index contributed by atoms with van der Waals surface area (Å²) < 4.78 is 1.97. The third-order valence-electron chi connectivity index (χ3n) is 2.43. The molecule has 4 heteroatoms. The molecule has 2 rings (SSSR count). The molecule has 0 N–H and O–H groups in total. The smallest absolute Gasteiger partial charge is 0.100 e. The number of hydrogen-bond acceptors (Lipinski definition) is 0. The third kappa shape index (κ3) is 2.87. The zero-order valence-electron chi connectivity index (χ0n) is 8.63. The summed E-state index contributed by atoms with van der Waals surface area (Å²) in [5.74, 6) is 0. The van der Waals surface area contributed by atoms with Gasteiger partial charge in [-0.1, -0.05) is 52.3 Å². The highest BCUT2D eigenvalue weighted by atomic mass is 79.9. The summed E-state index contributed by atoms with van der Waals surface area (Å²) >= 11 is 19.0. The van der Waals surface area contributed by atoms with Gasteiger partial charge in [0.1, 0.15) is 4.84 Å². The van der Waals surface area contributed by atoms with Crippen molar-refractivity contribution in [3.05, 3.63) is 57.0 Å². The van der Waals surface area contributed by atoms with Crippen LogP contribution in [0.15, 0.2) is 51.4 Å². The van der Waals surface area contributed by atoms with E-state index in [1.165, 1.54) is 0 Å². The third-order valence-corrected chi connectivity index (χ3v) is 4.47. The standard InChI is InChI=1S/C13H8Br2Cl2/c14-11-7-2-1-4-8(11)9-5-3-6-10(12(9)15)13(16)17/h1-7,13H. The van der Waals surface area contributed by atoms with Crippen molar-refractivity contribution in [2.24, 2.45) is 0 Å². The van der Waals surface area contributed by atoms with E-state index in [1.54, 1.807) is 0 Å². The second-order valence-electron chi connectivity index (χ2n) is 3.49. The van der Waals surface area contributed by atoms with Crippen LogP contribution < -0.4 is 0 Å². The first-order valence-corrected chi connectivity index (χ1v) is 7.38. The molecule has 0 aliphatic carbocycles. The Bertz CT molecular complexity index is 539. The quantitative estimate of drug-likeness (QED) is 0.520. The molecular weight excluding hydrogens is 387 g/mol. The zero-order valence-corrected chi connectivity index (χ0v) is 13.3. The minimum Gasteiger partial charge on any atom is -0.100 e. The van der Waals surface area contributed by atoms with E-state index in [0.29, 0.717) is 0 Å². The first-order chi connectivity index (χ1) is 8.11. The highest BCUT2D eigenvalue weighted by Gasteiger charge is 2.13. The Balaban J connectivity index is 2.61. The molecule has 0 saturated heterocycles. The Kier molecular flexibility index (Phi) is 4.53. The van der Waals surface area contributed by atoms with Gasteiger partial charge in [-0.25, -0.2) is 0 Å². The van der Waals surface area contributed by atoms with E-state index in [9.17, 15) is 0 Å². The van der Waals surface area contributed by atoms with E-state index < -0.39 is 4.84 Å². The van der Waals surface area contributed by atoms with Crippen molar-refractivity contribution in [3.63, 3.8) is 0 Å². The van der Waals surface area contributed by atoms with Crippen LogP contribution >= 0.6 is 55.1 Å². The molecule has 0 amide bonds. The van der Waals surface area contributed by atoms with Crippen LogP contribution in [0.5, 0.6) is 0 Å². The van der Waals surface area contributed by atoms with Crippen molar-refractivity contribution in [3.8, 4) is 11.1 Å². The van der Waals surface area contributed by atoms with Gasteiger partial charge in [0.05, 0.1) is 0 Å². The van der Waals surface area contributed by atoms with Crippen molar-refractivity contribution >= 4 is 55.1 Å². The molecule has 0 radical (unpaired) electrons. The topological polar surface area (TPSA) is 0 Å². The summed E-state index contributed by atoms with van der Waals surface area (Å²) in [6.45, 7) is 0. The predicted molar refractivity (Wildman–Crippen MR) is 81.7 cm³/mol.